The fourth-order valence-corrected chi connectivity index (χ4v) is 4.21. The molecule has 3 aromatic rings. The largest absolute Gasteiger partial charge is 0.478 e. The summed E-state index contributed by atoms with van der Waals surface area (Å²) in [6.07, 6.45) is 4.20. The van der Waals surface area contributed by atoms with Gasteiger partial charge >= 0.3 is 0 Å². The van der Waals surface area contributed by atoms with Crippen LogP contribution >= 0.6 is 0 Å². The number of hydrogen-bond acceptors (Lipinski definition) is 7. The Bertz CT molecular complexity index is 1150. The highest BCUT2D eigenvalue weighted by Gasteiger charge is 2.31. The number of aromatic nitrogens is 3. The Labute approximate surface area is 175 Å². The van der Waals surface area contributed by atoms with Crippen molar-refractivity contribution in [1.82, 2.24) is 15.0 Å². The molecule has 0 saturated heterocycles. The molecule has 9 heteroatoms. The average Bonchev–Trinajstić information content (AvgIpc) is 2.75. The van der Waals surface area contributed by atoms with Crippen molar-refractivity contribution < 1.29 is 17.9 Å². The molecule has 1 aromatic carbocycles. The van der Waals surface area contributed by atoms with E-state index in [2.05, 4.69) is 15.0 Å². The van der Waals surface area contributed by atoms with Crippen LogP contribution < -0.4 is 9.04 Å². The molecular weight excluding hydrogens is 404 g/mol. The minimum absolute atomic E-state index is 0.00916. The van der Waals surface area contributed by atoms with E-state index in [4.69, 9.17) is 4.74 Å². The van der Waals surface area contributed by atoms with Gasteiger partial charge in [-0.15, -0.1) is 0 Å². The van der Waals surface area contributed by atoms with Crippen molar-refractivity contribution in [3.8, 4) is 5.88 Å². The highest BCUT2D eigenvalue weighted by atomic mass is 32.2. The van der Waals surface area contributed by atoms with Crippen molar-refractivity contribution in [2.75, 3.05) is 11.4 Å². The number of Topliss-reactive ketones (excluding diaryl/α,β-unsaturated/α-hetero) is 1. The number of ether oxygens (including phenoxy) is 1. The predicted octanol–water partition coefficient (Wildman–Crippen LogP) is 3.55. The van der Waals surface area contributed by atoms with E-state index in [0.717, 1.165) is 4.31 Å². The van der Waals surface area contributed by atoms with E-state index in [-0.39, 0.29) is 34.0 Å². The number of aryl methyl sites for hydroxylation is 1. The molecule has 8 nitrogen and oxygen atoms in total. The number of sulfonamides is 1. The van der Waals surface area contributed by atoms with Gasteiger partial charge in [-0.25, -0.2) is 22.7 Å². The van der Waals surface area contributed by atoms with Crippen molar-refractivity contribution in [2.45, 2.75) is 25.7 Å². The second kappa shape index (κ2) is 8.58. The van der Waals surface area contributed by atoms with Gasteiger partial charge in [-0.3, -0.25) is 9.78 Å². The van der Waals surface area contributed by atoms with Gasteiger partial charge < -0.3 is 4.74 Å². The molecule has 2 heterocycles. The Morgan fingerprint density at radius 1 is 1.10 bits per heavy atom. The molecule has 0 fully saturated rings. The predicted molar refractivity (Wildman–Crippen MR) is 112 cm³/mol. The lowest BCUT2D eigenvalue weighted by Gasteiger charge is -2.24. The Kier molecular flexibility index (Phi) is 6.12. The Balaban J connectivity index is 2.20. The van der Waals surface area contributed by atoms with Crippen LogP contribution in [0, 0.1) is 12.8 Å². The second-order valence-electron chi connectivity index (χ2n) is 6.87. The standard InChI is InChI=1S/C21H22N4O4S/c1-14(2)19(26)16-7-9-17(10-8-16)25(20-21(29-4)24-15(3)12-23-20)30(27,28)18-6-5-11-22-13-18/h5-14H,1-4H3. The van der Waals surface area contributed by atoms with Crippen molar-refractivity contribution in [3.63, 3.8) is 0 Å². The van der Waals surface area contributed by atoms with Crippen molar-refractivity contribution in [1.29, 1.82) is 0 Å². The zero-order chi connectivity index (χ0) is 21.9. The molecule has 30 heavy (non-hydrogen) atoms. The third kappa shape index (κ3) is 4.16. The fraction of sp³-hybridized carbons (Fsp3) is 0.238. The summed E-state index contributed by atoms with van der Waals surface area (Å²) in [7, 11) is -2.70. The van der Waals surface area contributed by atoms with Crippen LogP contribution in [0.4, 0.5) is 11.5 Å². The first kappa shape index (κ1) is 21.4. The Morgan fingerprint density at radius 3 is 2.37 bits per heavy atom. The minimum atomic E-state index is -4.10. The van der Waals surface area contributed by atoms with Gasteiger partial charge in [0.1, 0.15) is 4.90 Å². The lowest BCUT2D eigenvalue weighted by atomic mass is 10.0. The number of hydrogen-bond donors (Lipinski definition) is 0. The summed E-state index contributed by atoms with van der Waals surface area (Å²) < 4.78 is 33.4. The molecule has 0 saturated carbocycles. The topological polar surface area (TPSA) is 102 Å². The maximum Gasteiger partial charge on any atom is 0.271 e. The molecule has 3 rings (SSSR count). The van der Waals surface area contributed by atoms with Gasteiger partial charge in [-0.2, -0.15) is 0 Å². The van der Waals surface area contributed by atoms with Gasteiger partial charge in [0, 0.05) is 23.9 Å². The fourth-order valence-electron chi connectivity index (χ4n) is 2.80. The lowest BCUT2D eigenvalue weighted by Crippen LogP contribution is -2.28. The van der Waals surface area contributed by atoms with Crippen molar-refractivity contribution in [3.05, 3.63) is 66.2 Å². The maximum absolute atomic E-state index is 13.5. The summed E-state index contributed by atoms with van der Waals surface area (Å²) in [5, 5.41) is 0. The number of nitrogens with zero attached hydrogens (tertiary/aromatic N) is 4. The lowest BCUT2D eigenvalue weighted by molar-refractivity contribution is 0.0939. The third-order valence-corrected chi connectivity index (χ3v) is 6.01. The molecule has 0 N–H and O–H groups in total. The van der Waals surface area contributed by atoms with E-state index < -0.39 is 10.0 Å². The zero-order valence-corrected chi connectivity index (χ0v) is 17.9. The molecule has 0 aliphatic heterocycles. The van der Waals surface area contributed by atoms with Crippen LogP contribution in [0.5, 0.6) is 5.88 Å². The maximum atomic E-state index is 13.5. The van der Waals surface area contributed by atoms with Gasteiger partial charge in [0.05, 0.1) is 24.7 Å². The van der Waals surface area contributed by atoms with E-state index >= 15 is 0 Å². The van der Waals surface area contributed by atoms with Gasteiger partial charge in [0.15, 0.2) is 5.78 Å². The number of pyridine rings is 1. The van der Waals surface area contributed by atoms with Crippen molar-refractivity contribution in [2.24, 2.45) is 5.92 Å². The first-order valence-electron chi connectivity index (χ1n) is 9.23. The second-order valence-corrected chi connectivity index (χ2v) is 8.65. The third-order valence-electron chi connectivity index (χ3n) is 4.31. The van der Waals surface area contributed by atoms with Crippen LogP contribution in [-0.2, 0) is 10.0 Å². The number of ketones is 1. The zero-order valence-electron chi connectivity index (χ0n) is 17.1. The molecule has 156 valence electrons. The van der Waals surface area contributed by atoms with Gasteiger partial charge in [0.2, 0.25) is 5.82 Å². The van der Waals surface area contributed by atoms with Crippen LogP contribution in [0.3, 0.4) is 0 Å². The molecule has 0 spiro atoms. The van der Waals surface area contributed by atoms with E-state index in [1.165, 1.54) is 37.8 Å². The van der Waals surface area contributed by atoms with E-state index in [1.54, 1.807) is 31.2 Å². The van der Waals surface area contributed by atoms with E-state index in [9.17, 15) is 13.2 Å². The molecule has 0 bridgehead atoms. The number of benzene rings is 1. The smallest absolute Gasteiger partial charge is 0.271 e. The van der Waals surface area contributed by atoms with Gasteiger partial charge in [-0.05, 0) is 43.3 Å². The number of carbonyl (C=O) groups is 1. The van der Waals surface area contributed by atoms with E-state index in [1.807, 2.05) is 13.8 Å². The number of carbonyl (C=O) groups excluding carboxylic acids is 1. The molecule has 0 unspecified atom stereocenters. The first-order valence-corrected chi connectivity index (χ1v) is 10.7. The molecular formula is C21H22N4O4S. The summed E-state index contributed by atoms with van der Waals surface area (Å²) in [5.41, 5.74) is 1.36. The summed E-state index contributed by atoms with van der Waals surface area (Å²) in [6, 6.07) is 9.29. The number of rotatable bonds is 7. The normalized spacial score (nSPS) is 11.4. The first-order chi connectivity index (χ1) is 14.3. The van der Waals surface area contributed by atoms with E-state index in [0.29, 0.717) is 11.3 Å². The molecule has 2 aromatic heterocycles. The molecule has 0 amide bonds. The van der Waals surface area contributed by atoms with Gasteiger partial charge in [-0.1, -0.05) is 13.8 Å². The summed E-state index contributed by atoms with van der Waals surface area (Å²) in [6.45, 7) is 5.34. The molecule has 0 aliphatic carbocycles. The minimum Gasteiger partial charge on any atom is -0.478 e. The highest BCUT2D eigenvalue weighted by molar-refractivity contribution is 7.93. The van der Waals surface area contributed by atoms with Crippen LogP contribution in [0.15, 0.2) is 59.9 Å². The molecule has 0 radical (unpaired) electrons. The monoisotopic (exact) mass is 426 g/mol. The summed E-state index contributed by atoms with van der Waals surface area (Å²) in [4.78, 5) is 24.7. The Morgan fingerprint density at radius 2 is 1.80 bits per heavy atom. The summed E-state index contributed by atoms with van der Waals surface area (Å²) >= 11 is 0. The average molecular weight is 426 g/mol. The highest BCUT2D eigenvalue weighted by Crippen LogP contribution is 2.36. The van der Waals surface area contributed by atoms with Gasteiger partial charge in [0.25, 0.3) is 15.9 Å². The Hall–Kier alpha value is -3.33. The van der Waals surface area contributed by atoms with Crippen molar-refractivity contribution >= 4 is 27.3 Å². The molecule has 0 atom stereocenters. The van der Waals surface area contributed by atoms with Crippen LogP contribution in [0.1, 0.15) is 29.9 Å². The van der Waals surface area contributed by atoms with Crippen LogP contribution in [0.2, 0.25) is 0 Å². The summed E-state index contributed by atoms with van der Waals surface area (Å²) in [5.74, 6) is -0.134. The SMILES string of the molecule is COc1nc(C)cnc1N(c1ccc(C(=O)C(C)C)cc1)S(=O)(=O)c1cccnc1. The number of anilines is 2. The molecule has 0 aliphatic rings. The number of methoxy groups -OCH3 is 1. The van der Waals surface area contributed by atoms with Crippen LogP contribution in [0.25, 0.3) is 0 Å². The quantitative estimate of drug-likeness (QED) is 0.532. The van der Waals surface area contributed by atoms with Crippen LogP contribution in [-0.4, -0.2) is 36.3 Å².